The van der Waals surface area contributed by atoms with Gasteiger partial charge in [-0.25, -0.2) is 0 Å². The summed E-state index contributed by atoms with van der Waals surface area (Å²) in [4.78, 5) is 24.7. The molecule has 1 rings (SSSR count). The SMILES string of the molecule is NC(N)=NC(=O)/C=C/c1ccc([N+](=O)[O-])s1. The summed E-state index contributed by atoms with van der Waals surface area (Å²) < 4.78 is 0. The molecule has 16 heavy (non-hydrogen) atoms. The molecule has 1 amide bonds. The van der Waals surface area contributed by atoms with Crippen molar-refractivity contribution in [2.75, 3.05) is 0 Å². The monoisotopic (exact) mass is 240 g/mol. The summed E-state index contributed by atoms with van der Waals surface area (Å²) in [6, 6.07) is 2.89. The van der Waals surface area contributed by atoms with Gasteiger partial charge in [-0.3, -0.25) is 14.9 Å². The van der Waals surface area contributed by atoms with E-state index < -0.39 is 10.8 Å². The van der Waals surface area contributed by atoms with Gasteiger partial charge in [0.05, 0.1) is 4.92 Å². The average Bonchev–Trinajstić information content (AvgIpc) is 2.61. The maximum atomic E-state index is 11.0. The minimum absolute atomic E-state index is 0.00828. The molecule has 8 heteroatoms. The normalized spacial score (nSPS) is 10.2. The standard InChI is InChI=1S/C8H8N4O3S/c9-8(10)11-6(13)3-1-5-2-4-7(16-5)12(14)15/h1-4H,(H4,9,10,11,13)/b3-1+. The molecule has 0 aromatic carbocycles. The fraction of sp³-hybridized carbons (Fsp3) is 0. The molecule has 0 aliphatic carbocycles. The number of rotatable bonds is 3. The first-order valence-corrected chi connectivity index (χ1v) is 4.86. The van der Waals surface area contributed by atoms with Crippen molar-refractivity contribution in [1.82, 2.24) is 0 Å². The average molecular weight is 240 g/mol. The molecule has 0 atom stereocenters. The third kappa shape index (κ3) is 3.50. The number of amides is 1. The Labute approximate surface area is 94.2 Å². The molecule has 0 fully saturated rings. The van der Waals surface area contributed by atoms with Crippen LogP contribution < -0.4 is 11.5 Å². The highest BCUT2D eigenvalue weighted by molar-refractivity contribution is 7.16. The van der Waals surface area contributed by atoms with Gasteiger partial charge in [0.15, 0.2) is 5.96 Å². The summed E-state index contributed by atoms with van der Waals surface area (Å²) in [5, 5.41) is 10.4. The van der Waals surface area contributed by atoms with Crippen LogP contribution >= 0.6 is 11.3 Å². The van der Waals surface area contributed by atoms with E-state index >= 15 is 0 Å². The molecule has 4 N–H and O–H groups in total. The minimum atomic E-state index is -0.615. The van der Waals surface area contributed by atoms with Gasteiger partial charge in [-0.1, -0.05) is 11.3 Å². The number of guanidine groups is 1. The van der Waals surface area contributed by atoms with Crippen LogP contribution in [0.3, 0.4) is 0 Å². The van der Waals surface area contributed by atoms with Gasteiger partial charge < -0.3 is 11.5 Å². The maximum Gasteiger partial charge on any atom is 0.324 e. The molecular formula is C8H8N4O3S. The fourth-order valence-electron chi connectivity index (χ4n) is 0.848. The zero-order chi connectivity index (χ0) is 12.1. The number of nitro groups is 1. The summed E-state index contributed by atoms with van der Waals surface area (Å²) >= 11 is 0.953. The second kappa shape index (κ2) is 5.03. The Kier molecular flexibility index (Phi) is 3.72. The summed E-state index contributed by atoms with van der Waals surface area (Å²) in [7, 11) is 0. The zero-order valence-corrected chi connectivity index (χ0v) is 8.81. The highest BCUT2D eigenvalue weighted by Gasteiger charge is 2.07. The molecule has 0 spiro atoms. The number of aliphatic imine (C=N–C) groups is 1. The first-order valence-electron chi connectivity index (χ1n) is 4.05. The molecule has 1 aromatic rings. The highest BCUT2D eigenvalue weighted by Crippen LogP contribution is 2.24. The molecule has 1 aromatic heterocycles. The zero-order valence-electron chi connectivity index (χ0n) is 7.99. The number of hydrogen-bond acceptors (Lipinski definition) is 4. The smallest absolute Gasteiger partial charge is 0.324 e. The van der Waals surface area contributed by atoms with Crippen LogP contribution in [0, 0.1) is 10.1 Å². The Morgan fingerprint density at radius 2 is 2.19 bits per heavy atom. The van der Waals surface area contributed by atoms with E-state index in [2.05, 4.69) is 4.99 Å². The van der Waals surface area contributed by atoms with E-state index in [0.717, 1.165) is 17.4 Å². The Morgan fingerprint density at radius 1 is 1.50 bits per heavy atom. The number of thiophene rings is 1. The fourth-order valence-corrected chi connectivity index (χ4v) is 1.57. The number of nitrogens with two attached hydrogens (primary N) is 2. The van der Waals surface area contributed by atoms with Crippen molar-refractivity contribution in [3.63, 3.8) is 0 Å². The van der Waals surface area contributed by atoms with Crippen molar-refractivity contribution in [1.29, 1.82) is 0 Å². The van der Waals surface area contributed by atoms with Crippen molar-refractivity contribution >= 4 is 34.3 Å². The van der Waals surface area contributed by atoms with Gasteiger partial charge in [0.25, 0.3) is 5.91 Å². The molecule has 0 unspecified atom stereocenters. The van der Waals surface area contributed by atoms with Gasteiger partial charge in [-0.05, 0) is 12.1 Å². The van der Waals surface area contributed by atoms with E-state index in [4.69, 9.17) is 11.5 Å². The van der Waals surface area contributed by atoms with Gasteiger partial charge in [-0.15, -0.1) is 0 Å². The number of hydrogen-bond donors (Lipinski definition) is 2. The van der Waals surface area contributed by atoms with E-state index in [1.165, 1.54) is 18.2 Å². The second-order valence-corrected chi connectivity index (χ2v) is 3.74. The topological polar surface area (TPSA) is 125 Å². The van der Waals surface area contributed by atoms with Crippen molar-refractivity contribution in [2.45, 2.75) is 0 Å². The van der Waals surface area contributed by atoms with E-state index in [-0.39, 0.29) is 11.0 Å². The van der Waals surface area contributed by atoms with E-state index in [1.54, 1.807) is 0 Å². The van der Waals surface area contributed by atoms with Crippen molar-refractivity contribution < 1.29 is 9.72 Å². The van der Waals surface area contributed by atoms with E-state index in [0.29, 0.717) is 4.88 Å². The lowest BCUT2D eigenvalue weighted by Crippen LogP contribution is -2.23. The minimum Gasteiger partial charge on any atom is -0.370 e. The maximum absolute atomic E-state index is 11.0. The second-order valence-electron chi connectivity index (χ2n) is 2.64. The summed E-state index contributed by atoms with van der Waals surface area (Å²) in [5.41, 5.74) is 9.98. The number of carbonyl (C=O) groups is 1. The quantitative estimate of drug-likeness (QED) is 0.261. The third-order valence-electron chi connectivity index (χ3n) is 1.42. The van der Waals surface area contributed by atoms with Crippen molar-refractivity contribution in [3.8, 4) is 0 Å². The highest BCUT2D eigenvalue weighted by atomic mass is 32.1. The predicted octanol–water partition coefficient (Wildman–Crippen LogP) is 0.470. The van der Waals surface area contributed by atoms with Crippen LogP contribution in [-0.4, -0.2) is 16.8 Å². The molecule has 0 radical (unpaired) electrons. The number of carbonyl (C=O) groups excluding carboxylic acids is 1. The molecule has 0 aliphatic rings. The number of nitrogens with zero attached hydrogens (tertiary/aromatic N) is 2. The van der Waals surface area contributed by atoms with E-state index in [9.17, 15) is 14.9 Å². The van der Waals surface area contributed by atoms with Crippen LogP contribution in [-0.2, 0) is 4.79 Å². The largest absolute Gasteiger partial charge is 0.370 e. The molecule has 0 bridgehead atoms. The third-order valence-corrected chi connectivity index (χ3v) is 2.42. The van der Waals surface area contributed by atoms with Crippen molar-refractivity contribution in [2.24, 2.45) is 16.5 Å². The van der Waals surface area contributed by atoms with Crippen LogP contribution in [0.1, 0.15) is 4.88 Å². The van der Waals surface area contributed by atoms with Gasteiger partial charge in [0.2, 0.25) is 0 Å². The Morgan fingerprint density at radius 3 is 2.69 bits per heavy atom. The van der Waals surface area contributed by atoms with E-state index in [1.807, 2.05) is 0 Å². The van der Waals surface area contributed by atoms with Crippen molar-refractivity contribution in [3.05, 3.63) is 33.2 Å². The lowest BCUT2D eigenvalue weighted by atomic mass is 10.4. The Balaban J connectivity index is 2.73. The molecule has 0 aliphatic heterocycles. The Bertz CT molecular complexity index is 473. The van der Waals surface area contributed by atoms with Crippen LogP contribution in [0.15, 0.2) is 23.2 Å². The predicted molar refractivity (Wildman–Crippen MR) is 60.8 cm³/mol. The summed E-state index contributed by atoms with van der Waals surface area (Å²) in [6.07, 6.45) is 2.54. The molecule has 0 saturated heterocycles. The first kappa shape index (κ1) is 11.9. The first-order chi connectivity index (χ1) is 7.49. The van der Waals surface area contributed by atoms with Crippen LogP contribution in [0.5, 0.6) is 0 Å². The van der Waals surface area contributed by atoms with Crippen LogP contribution in [0.2, 0.25) is 0 Å². The summed E-state index contributed by atoms with van der Waals surface area (Å²) in [5.74, 6) is -0.942. The van der Waals surface area contributed by atoms with Gasteiger partial charge in [0.1, 0.15) is 0 Å². The van der Waals surface area contributed by atoms with Crippen LogP contribution in [0.25, 0.3) is 6.08 Å². The van der Waals surface area contributed by atoms with Gasteiger partial charge in [0, 0.05) is 17.0 Å². The molecule has 0 saturated carbocycles. The lowest BCUT2D eigenvalue weighted by Gasteiger charge is -1.86. The molecule has 7 nitrogen and oxygen atoms in total. The lowest BCUT2D eigenvalue weighted by molar-refractivity contribution is -0.380. The molecular weight excluding hydrogens is 232 g/mol. The van der Waals surface area contributed by atoms with Gasteiger partial charge in [-0.2, -0.15) is 4.99 Å². The van der Waals surface area contributed by atoms with Crippen LogP contribution in [0.4, 0.5) is 5.00 Å². The van der Waals surface area contributed by atoms with Gasteiger partial charge >= 0.3 is 5.00 Å². The Hall–Kier alpha value is -2.22. The molecule has 1 heterocycles. The molecule has 84 valence electrons. The summed E-state index contributed by atoms with van der Waals surface area (Å²) in [6.45, 7) is 0.